The second-order valence-corrected chi connectivity index (χ2v) is 15.8. The van der Waals surface area contributed by atoms with E-state index in [9.17, 15) is 9.59 Å². The van der Waals surface area contributed by atoms with E-state index >= 15 is 0 Å². The maximum atomic E-state index is 13.5. The van der Waals surface area contributed by atoms with Gasteiger partial charge in [-0.05, 0) is 25.1 Å². The van der Waals surface area contributed by atoms with Crippen LogP contribution in [-0.4, -0.2) is 38.4 Å². The summed E-state index contributed by atoms with van der Waals surface area (Å²) >= 11 is 0. The Bertz CT molecular complexity index is 1150. The van der Waals surface area contributed by atoms with Gasteiger partial charge in [0.1, 0.15) is 17.6 Å². The molecule has 1 fully saturated rings. The quantitative estimate of drug-likeness (QED) is 0.422. The van der Waals surface area contributed by atoms with E-state index in [-0.39, 0.29) is 47.9 Å². The molecule has 176 valence electrons. The van der Waals surface area contributed by atoms with E-state index in [2.05, 4.69) is 40.8 Å². The van der Waals surface area contributed by atoms with Crippen LogP contribution in [0.3, 0.4) is 0 Å². The number of ketones is 1. The van der Waals surface area contributed by atoms with Gasteiger partial charge in [0.2, 0.25) is 0 Å². The molecule has 33 heavy (non-hydrogen) atoms. The number of Topliss-reactive ketones (excluding diaryl/α,β-unsaturated/α-hetero) is 1. The Morgan fingerprint density at radius 2 is 1.70 bits per heavy atom. The molecule has 6 nitrogen and oxygen atoms in total. The minimum absolute atomic E-state index is 0.00924. The van der Waals surface area contributed by atoms with Gasteiger partial charge in [-0.1, -0.05) is 45.0 Å². The molecule has 3 aliphatic heterocycles. The predicted octanol–water partition coefficient (Wildman–Crippen LogP) is 5.72. The van der Waals surface area contributed by atoms with Crippen molar-refractivity contribution < 1.29 is 28.2 Å². The van der Waals surface area contributed by atoms with Gasteiger partial charge >= 0.3 is 5.97 Å². The zero-order valence-electron chi connectivity index (χ0n) is 20.2. The highest BCUT2D eigenvalue weighted by Crippen LogP contribution is 2.54. The molecule has 7 heteroatoms. The first-order valence-corrected chi connectivity index (χ1v) is 14.7. The number of esters is 1. The molecule has 0 N–H and O–H groups in total. The number of carbonyl (C=O) groups is 2. The zero-order valence-corrected chi connectivity index (χ0v) is 21.2. The first-order chi connectivity index (χ1) is 15.5. The number of benzene rings is 2. The van der Waals surface area contributed by atoms with E-state index in [1.807, 2.05) is 24.3 Å². The summed E-state index contributed by atoms with van der Waals surface area (Å²) in [5.74, 6) is 0.945. The highest BCUT2D eigenvalue weighted by molar-refractivity contribution is 6.74. The van der Waals surface area contributed by atoms with E-state index in [1.54, 1.807) is 0 Å². The monoisotopic (exact) mass is 468 g/mol. The standard InChI is InChI=1S/C26H32O6Si/c1-14(32-33(5,6)26(2,3)4)11-15-12-18(27)21-22-24(30-19-13-20(28)31-25(19)22)17-10-8-7-9-16(17)23(21)29-15/h7-10,14-15,19,25H,11-13H2,1-6H3. The Balaban J connectivity index is 1.49. The van der Waals surface area contributed by atoms with Gasteiger partial charge in [0.05, 0.1) is 17.5 Å². The van der Waals surface area contributed by atoms with Crippen molar-refractivity contribution >= 4 is 30.8 Å². The molecule has 1 saturated heterocycles. The molecule has 2 aromatic rings. The fraction of sp³-hybridized carbons (Fsp3) is 0.538. The van der Waals surface area contributed by atoms with E-state index in [0.717, 1.165) is 10.8 Å². The van der Waals surface area contributed by atoms with Crippen LogP contribution in [0.1, 0.15) is 69.0 Å². The maximum absolute atomic E-state index is 13.5. The van der Waals surface area contributed by atoms with Gasteiger partial charge in [-0.25, -0.2) is 0 Å². The van der Waals surface area contributed by atoms with E-state index < -0.39 is 14.4 Å². The summed E-state index contributed by atoms with van der Waals surface area (Å²) in [5, 5.41) is 1.85. The van der Waals surface area contributed by atoms with E-state index in [0.29, 0.717) is 29.0 Å². The van der Waals surface area contributed by atoms with Crippen molar-refractivity contribution in [2.75, 3.05) is 0 Å². The van der Waals surface area contributed by atoms with Gasteiger partial charge in [0.25, 0.3) is 0 Å². The second kappa shape index (κ2) is 7.57. The first kappa shape index (κ1) is 22.4. The molecule has 0 saturated carbocycles. The molecule has 3 aliphatic rings. The van der Waals surface area contributed by atoms with Crippen molar-refractivity contribution in [3.63, 3.8) is 0 Å². The molecular weight excluding hydrogens is 436 g/mol. The zero-order chi connectivity index (χ0) is 23.7. The third kappa shape index (κ3) is 3.65. The maximum Gasteiger partial charge on any atom is 0.310 e. The van der Waals surface area contributed by atoms with Crippen LogP contribution in [-0.2, 0) is 14.0 Å². The summed E-state index contributed by atoms with van der Waals surface area (Å²) in [4.78, 5) is 25.4. The molecule has 0 spiro atoms. The van der Waals surface area contributed by atoms with Gasteiger partial charge in [-0.2, -0.15) is 0 Å². The molecular formula is C26H32O6Si. The summed E-state index contributed by atoms with van der Waals surface area (Å²) in [7, 11) is -1.93. The summed E-state index contributed by atoms with van der Waals surface area (Å²) in [6, 6.07) is 7.81. The van der Waals surface area contributed by atoms with Crippen molar-refractivity contribution in [2.45, 2.75) is 89.5 Å². The smallest absolute Gasteiger partial charge is 0.310 e. The molecule has 3 heterocycles. The molecule has 2 aromatic carbocycles. The Morgan fingerprint density at radius 3 is 2.36 bits per heavy atom. The van der Waals surface area contributed by atoms with Crippen LogP contribution in [0.4, 0.5) is 0 Å². The van der Waals surface area contributed by atoms with Crippen LogP contribution in [0.15, 0.2) is 24.3 Å². The lowest BCUT2D eigenvalue weighted by atomic mass is 9.88. The Hall–Kier alpha value is -2.38. The lowest BCUT2D eigenvalue weighted by Gasteiger charge is -2.39. The van der Waals surface area contributed by atoms with Crippen molar-refractivity contribution in [2.24, 2.45) is 0 Å². The van der Waals surface area contributed by atoms with Crippen LogP contribution in [0.2, 0.25) is 18.1 Å². The highest BCUT2D eigenvalue weighted by Gasteiger charge is 2.49. The van der Waals surface area contributed by atoms with Crippen molar-refractivity contribution in [1.82, 2.24) is 0 Å². The number of hydrogen-bond donors (Lipinski definition) is 0. The topological polar surface area (TPSA) is 71.1 Å². The molecule has 4 atom stereocenters. The average molecular weight is 469 g/mol. The fourth-order valence-corrected chi connectivity index (χ4v) is 6.43. The van der Waals surface area contributed by atoms with Crippen LogP contribution >= 0.6 is 0 Å². The minimum atomic E-state index is -1.93. The van der Waals surface area contributed by atoms with Crippen molar-refractivity contribution in [3.8, 4) is 11.5 Å². The summed E-state index contributed by atoms with van der Waals surface area (Å²) in [6.45, 7) is 13.2. The Kier molecular flexibility index (Phi) is 5.14. The normalized spacial score (nSPS) is 25.1. The van der Waals surface area contributed by atoms with Gasteiger partial charge in [-0.3, -0.25) is 9.59 Å². The summed E-state index contributed by atoms with van der Waals surface area (Å²) in [5.41, 5.74) is 1.19. The van der Waals surface area contributed by atoms with E-state index in [1.165, 1.54) is 0 Å². The number of fused-ring (bicyclic) bond motifs is 8. The highest BCUT2D eigenvalue weighted by atomic mass is 28.4. The second-order valence-electron chi connectivity index (χ2n) is 11.1. The molecule has 0 radical (unpaired) electrons. The van der Waals surface area contributed by atoms with Gasteiger partial charge < -0.3 is 18.6 Å². The SMILES string of the molecule is CC(CC1CC(=O)c2c3c(c4ccccc4c2O1)OC1CC(=O)OC31)O[Si](C)(C)C(C)(C)C. The largest absolute Gasteiger partial charge is 0.488 e. The number of ether oxygens (including phenoxy) is 3. The molecule has 0 aromatic heterocycles. The molecule has 5 rings (SSSR count). The number of hydrogen-bond acceptors (Lipinski definition) is 6. The van der Waals surface area contributed by atoms with Crippen LogP contribution in [0.25, 0.3) is 10.8 Å². The third-order valence-electron chi connectivity index (χ3n) is 7.55. The van der Waals surface area contributed by atoms with Crippen LogP contribution < -0.4 is 9.47 Å². The molecule has 4 unspecified atom stereocenters. The number of rotatable bonds is 4. The van der Waals surface area contributed by atoms with Crippen LogP contribution in [0.5, 0.6) is 11.5 Å². The van der Waals surface area contributed by atoms with Gasteiger partial charge in [0.15, 0.2) is 26.3 Å². The lowest BCUT2D eigenvalue weighted by molar-refractivity contribution is -0.141. The number of carbonyl (C=O) groups excluding carboxylic acids is 2. The Morgan fingerprint density at radius 1 is 1.03 bits per heavy atom. The first-order valence-electron chi connectivity index (χ1n) is 11.8. The summed E-state index contributed by atoms with van der Waals surface area (Å²) < 4.78 is 24.7. The molecule has 0 bridgehead atoms. The van der Waals surface area contributed by atoms with Gasteiger partial charge in [-0.15, -0.1) is 0 Å². The third-order valence-corrected chi connectivity index (χ3v) is 12.2. The van der Waals surface area contributed by atoms with Crippen molar-refractivity contribution in [1.29, 1.82) is 0 Å². The predicted molar refractivity (Wildman–Crippen MR) is 128 cm³/mol. The lowest BCUT2D eigenvalue weighted by Crippen LogP contribution is -2.44. The fourth-order valence-electron chi connectivity index (χ4n) is 4.98. The average Bonchev–Trinajstić information content (AvgIpc) is 3.23. The minimum Gasteiger partial charge on any atom is -0.488 e. The Labute approximate surface area is 195 Å². The summed E-state index contributed by atoms with van der Waals surface area (Å²) in [6.07, 6.45) is -0.108. The van der Waals surface area contributed by atoms with Crippen LogP contribution in [0, 0.1) is 0 Å². The van der Waals surface area contributed by atoms with Gasteiger partial charge in [0, 0.05) is 29.7 Å². The van der Waals surface area contributed by atoms with Crippen molar-refractivity contribution in [3.05, 3.63) is 35.4 Å². The van der Waals surface area contributed by atoms with E-state index in [4.69, 9.17) is 18.6 Å². The molecule has 0 amide bonds. The molecule has 0 aliphatic carbocycles.